The molecule has 0 aromatic carbocycles. The van der Waals surface area contributed by atoms with Gasteiger partial charge in [-0.1, -0.05) is 19.3 Å². The van der Waals surface area contributed by atoms with Crippen molar-refractivity contribution in [3.05, 3.63) is 0 Å². The van der Waals surface area contributed by atoms with E-state index in [0.29, 0.717) is 17.8 Å². The van der Waals surface area contributed by atoms with E-state index < -0.39 is 0 Å². The van der Waals surface area contributed by atoms with Gasteiger partial charge in [0.1, 0.15) is 0 Å². The van der Waals surface area contributed by atoms with E-state index >= 15 is 0 Å². The second-order valence-corrected chi connectivity index (χ2v) is 5.57. The van der Waals surface area contributed by atoms with E-state index in [0.717, 1.165) is 12.8 Å². The van der Waals surface area contributed by atoms with Crippen LogP contribution >= 0.6 is 0 Å². The molecular formula is C12H23N7. The van der Waals surface area contributed by atoms with Crippen LogP contribution in [0.15, 0.2) is 0 Å². The summed E-state index contributed by atoms with van der Waals surface area (Å²) in [7, 11) is 3.78. The standard InChI is InChI=1S/C12H23N7/c1-12(7-5-4-6-8-12)17-9-14-10(18-13)16-11(15-9)19(2)3/h4-8,13H2,1-3H3,(H2,14,15,16,17,18). The number of aromatic nitrogens is 3. The fourth-order valence-electron chi connectivity index (χ4n) is 2.41. The molecule has 4 N–H and O–H groups in total. The Morgan fingerprint density at radius 2 is 1.68 bits per heavy atom. The van der Waals surface area contributed by atoms with E-state index in [9.17, 15) is 0 Å². The zero-order valence-electron chi connectivity index (χ0n) is 11.9. The highest BCUT2D eigenvalue weighted by Gasteiger charge is 2.27. The number of nitrogens with zero attached hydrogens (tertiary/aromatic N) is 4. The summed E-state index contributed by atoms with van der Waals surface area (Å²) in [4.78, 5) is 14.7. The summed E-state index contributed by atoms with van der Waals surface area (Å²) in [5.41, 5.74) is 2.55. The molecule has 1 aliphatic rings. The first-order valence-electron chi connectivity index (χ1n) is 6.71. The Hall–Kier alpha value is -1.63. The number of nitrogens with one attached hydrogen (secondary N) is 2. The van der Waals surface area contributed by atoms with Gasteiger partial charge in [0.2, 0.25) is 17.8 Å². The first-order valence-corrected chi connectivity index (χ1v) is 6.71. The van der Waals surface area contributed by atoms with Crippen LogP contribution in [0.25, 0.3) is 0 Å². The Morgan fingerprint density at radius 3 is 2.26 bits per heavy atom. The van der Waals surface area contributed by atoms with E-state index in [-0.39, 0.29) is 5.54 Å². The van der Waals surface area contributed by atoms with Crippen LogP contribution in [0.2, 0.25) is 0 Å². The maximum Gasteiger partial charge on any atom is 0.243 e. The van der Waals surface area contributed by atoms with E-state index in [1.807, 2.05) is 19.0 Å². The van der Waals surface area contributed by atoms with Crippen LogP contribution in [-0.4, -0.2) is 34.6 Å². The zero-order chi connectivity index (χ0) is 13.9. The molecule has 2 rings (SSSR count). The molecule has 1 saturated carbocycles. The number of nitrogens with two attached hydrogens (primary N) is 1. The third kappa shape index (κ3) is 3.44. The van der Waals surface area contributed by atoms with Gasteiger partial charge in [-0.15, -0.1) is 0 Å². The summed E-state index contributed by atoms with van der Waals surface area (Å²) in [5, 5.41) is 3.44. The van der Waals surface area contributed by atoms with Crippen LogP contribution in [0.5, 0.6) is 0 Å². The molecule has 1 aliphatic carbocycles. The molecule has 7 nitrogen and oxygen atoms in total. The highest BCUT2D eigenvalue weighted by Crippen LogP contribution is 2.30. The van der Waals surface area contributed by atoms with Gasteiger partial charge in [0, 0.05) is 19.6 Å². The zero-order valence-corrected chi connectivity index (χ0v) is 11.9. The van der Waals surface area contributed by atoms with E-state index in [4.69, 9.17) is 5.84 Å². The third-order valence-corrected chi connectivity index (χ3v) is 3.52. The fraction of sp³-hybridized carbons (Fsp3) is 0.750. The van der Waals surface area contributed by atoms with Crippen LogP contribution in [-0.2, 0) is 0 Å². The molecule has 0 radical (unpaired) electrons. The van der Waals surface area contributed by atoms with Gasteiger partial charge >= 0.3 is 0 Å². The smallest absolute Gasteiger partial charge is 0.243 e. The largest absolute Gasteiger partial charge is 0.349 e. The molecule has 1 fully saturated rings. The first kappa shape index (κ1) is 13.8. The Balaban J connectivity index is 2.21. The van der Waals surface area contributed by atoms with Crippen molar-refractivity contribution in [1.82, 2.24) is 15.0 Å². The second kappa shape index (κ2) is 5.56. The number of anilines is 3. The van der Waals surface area contributed by atoms with Crippen molar-refractivity contribution >= 4 is 17.8 Å². The number of hydrogen-bond donors (Lipinski definition) is 3. The monoisotopic (exact) mass is 265 g/mol. The Kier molecular flexibility index (Phi) is 4.04. The lowest BCUT2D eigenvalue weighted by atomic mass is 9.83. The summed E-state index contributed by atoms with van der Waals surface area (Å²) in [6, 6.07) is 0. The van der Waals surface area contributed by atoms with E-state index in [1.54, 1.807) is 0 Å². The molecule has 0 bridgehead atoms. The number of nitrogen functional groups attached to an aromatic ring is 1. The predicted molar refractivity (Wildman–Crippen MR) is 77.1 cm³/mol. The highest BCUT2D eigenvalue weighted by atomic mass is 15.4. The summed E-state index contributed by atoms with van der Waals surface area (Å²) in [5.74, 6) is 6.95. The molecule has 0 saturated heterocycles. The average Bonchev–Trinajstić information content (AvgIpc) is 2.38. The molecule has 0 amide bonds. The van der Waals surface area contributed by atoms with Gasteiger partial charge in [0.05, 0.1) is 0 Å². The summed E-state index contributed by atoms with van der Waals surface area (Å²) >= 11 is 0. The van der Waals surface area contributed by atoms with Crippen molar-refractivity contribution in [3.8, 4) is 0 Å². The SMILES string of the molecule is CN(C)c1nc(NN)nc(NC2(C)CCCCC2)n1. The van der Waals surface area contributed by atoms with Gasteiger partial charge in [0.25, 0.3) is 0 Å². The van der Waals surface area contributed by atoms with Gasteiger partial charge in [-0.05, 0) is 19.8 Å². The Labute approximate surface area is 114 Å². The molecule has 0 unspecified atom stereocenters. The number of hydrogen-bond acceptors (Lipinski definition) is 7. The molecule has 0 aliphatic heterocycles. The van der Waals surface area contributed by atoms with Gasteiger partial charge in [-0.3, -0.25) is 5.43 Å². The molecule has 0 spiro atoms. The van der Waals surface area contributed by atoms with Crippen molar-refractivity contribution in [2.45, 2.75) is 44.6 Å². The van der Waals surface area contributed by atoms with Crippen molar-refractivity contribution in [2.24, 2.45) is 5.84 Å². The Bertz CT molecular complexity index is 426. The van der Waals surface area contributed by atoms with Gasteiger partial charge in [-0.2, -0.15) is 15.0 Å². The molecule has 106 valence electrons. The normalized spacial score (nSPS) is 17.9. The van der Waals surface area contributed by atoms with Gasteiger partial charge < -0.3 is 10.2 Å². The minimum atomic E-state index is 0.0645. The topological polar surface area (TPSA) is 92.0 Å². The lowest BCUT2D eigenvalue weighted by Crippen LogP contribution is -2.37. The highest BCUT2D eigenvalue weighted by molar-refractivity contribution is 5.43. The van der Waals surface area contributed by atoms with Crippen LogP contribution in [0, 0.1) is 0 Å². The number of hydrazine groups is 1. The van der Waals surface area contributed by atoms with E-state index in [2.05, 4.69) is 32.6 Å². The fourth-order valence-corrected chi connectivity index (χ4v) is 2.41. The van der Waals surface area contributed by atoms with Crippen molar-refractivity contribution in [2.75, 3.05) is 29.7 Å². The van der Waals surface area contributed by atoms with Crippen molar-refractivity contribution < 1.29 is 0 Å². The molecule has 1 aromatic heterocycles. The van der Waals surface area contributed by atoms with Crippen LogP contribution in [0.3, 0.4) is 0 Å². The molecule has 7 heteroatoms. The maximum atomic E-state index is 5.40. The Morgan fingerprint density at radius 1 is 1.05 bits per heavy atom. The van der Waals surface area contributed by atoms with Gasteiger partial charge in [-0.25, -0.2) is 5.84 Å². The maximum absolute atomic E-state index is 5.40. The quantitative estimate of drug-likeness (QED) is 0.559. The number of rotatable bonds is 4. The van der Waals surface area contributed by atoms with Crippen LogP contribution < -0.4 is 21.5 Å². The second-order valence-electron chi connectivity index (χ2n) is 5.57. The van der Waals surface area contributed by atoms with Crippen LogP contribution in [0.4, 0.5) is 17.8 Å². The average molecular weight is 265 g/mol. The molecule has 0 atom stereocenters. The lowest BCUT2D eigenvalue weighted by molar-refractivity contribution is 0.347. The molecule has 19 heavy (non-hydrogen) atoms. The minimum Gasteiger partial charge on any atom is -0.349 e. The summed E-state index contributed by atoms with van der Waals surface area (Å²) in [6.45, 7) is 2.22. The van der Waals surface area contributed by atoms with Gasteiger partial charge in [0.15, 0.2) is 0 Å². The summed E-state index contributed by atoms with van der Waals surface area (Å²) in [6.07, 6.45) is 6.09. The summed E-state index contributed by atoms with van der Waals surface area (Å²) < 4.78 is 0. The van der Waals surface area contributed by atoms with Crippen molar-refractivity contribution in [1.29, 1.82) is 0 Å². The minimum absolute atomic E-state index is 0.0645. The van der Waals surface area contributed by atoms with E-state index in [1.165, 1.54) is 19.3 Å². The molecular weight excluding hydrogens is 242 g/mol. The lowest BCUT2D eigenvalue weighted by Gasteiger charge is -2.34. The van der Waals surface area contributed by atoms with Crippen molar-refractivity contribution in [3.63, 3.8) is 0 Å². The molecule has 1 heterocycles. The third-order valence-electron chi connectivity index (χ3n) is 3.52. The van der Waals surface area contributed by atoms with Crippen LogP contribution in [0.1, 0.15) is 39.0 Å². The first-order chi connectivity index (χ1) is 9.02. The predicted octanol–water partition coefficient (Wildman–Crippen LogP) is 1.36. The molecule has 1 aromatic rings.